The van der Waals surface area contributed by atoms with Gasteiger partial charge in [0, 0.05) is 12.6 Å². The zero-order valence-electron chi connectivity index (χ0n) is 7.98. The summed E-state index contributed by atoms with van der Waals surface area (Å²) < 4.78 is 5.35. The van der Waals surface area contributed by atoms with Gasteiger partial charge in [0.25, 0.3) is 0 Å². The Labute approximate surface area is 87.9 Å². The highest BCUT2D eigenvalue weighted by Gasteiger charge is 2.20. The number of nitrogens with zero attached hydrogens (tertiary/aromatic N) is 3. The average Bonchev–Trinajstić information content (AvgIpc) is 2.18. The van der Waals surface area contributed by atoms with Crippen molar-refractivity contribution in [2.45, 2.75) is 13.0 Å². The molecule has 0 spiro atoms. The zero-order valence-corrected chi connectivity index (χ0v) is 8.74. The fourth-order valence-corrected chi connectivity index (χ4v) is 1.69. The van der Waals surface area contributed by atoms with Crippen LogP contribution in [0.15, 0.2) is 12.4 Å². The number of morpholine rings is 1. The Balaban J connectivity index is 2.20. The Bertz CT molecular complexity index is 321. The lowest BCUT2D eigenvalue weighted by molar-refractivity contribution is 0.0985. The average molecular weight is 214 g/mol. The molecule has 0 aromatic carbocycles. The molecule has 2 rings (SSSR count). The van der Waals surface area contributed by atoms with Gasteiger partial charge in [0.05, 0.1) is 19.3 Å². The molecule has 76 valence electrons. The molecule has 4 nitrogen and oxygen atoms in total. The minimum absolute atomic E-state index is 0.342. The van der Waals surface area contributed by atoms with Crippen molar-refractivity contribution in [2.75, 3.05) is 24.7 Å². The van der Waals surface area contributed by atoms with E-state index in [0.29, 0.717) is 11.2 Å². The summed E-state index contributed by atoms with van der Waals surface area (Å²) in [4.78, 5) is 10.2. The fourth-order valence-electron chi connectivity index (χ4n) is 1.55. The van der Waals surface area contributed by atoms with Crippen molar-refractivity contribution in [3.63, 3.8) is 0 Å². The van der Waals surface area contributed by atoms with Gasteiger partial charge in [-0.25, -0.2) is 9.97 Å². The van der Waals surface area contributed by atoms with E-state index in [4.69, 9.17) is 16.3 Å². The number of hydrogen-bond acceptors (Lipinski definition) is 4. The van der Waals surface area contributed by atoms with Gasteiger partial charge >= 0.3 is 0 Å². The molecule has 1 aromatic rings. The van der Waals surface area contributed by atoms with E-state index in [-0.39, 0.29) is 0 Å². The first-order chi connectivity index (χ1) is 6.77. The van der Waals surface area contributed by atoms with Crippen LogP contribution in [0.1, 0.15) is 6.92 Å². The molecule has 0 radical (unpaired) electrons. The second-order valence-electron chi connectivity index (χ2n) is 3.32. The highest BCUT2D eigenvalue weighted by Crippen LogP contribution is 2.18. The van der Waals surface area contributed by atoms with Crippen LogP contribution in [0.5, 0.6) is 0 Å². The molecule has 14 heavy (non-hydrogen) atoms. The maximum atomic E-state index is 5.80. The number of halogens is 1. The van der Waals surface area contributed by atoms with Crippen molar-refractivity contribution in [3.8, 4) is 0 Å². The van der Waals surface area contributed by atoms with Crippen LogP contribution < -0.4 is 4.90 Å². The summed E-state index contributed by atoms with van der Waals surface area (Å²) in [7, 11) is 0. The van der Waals surface area contributed by atoms with E-state index in [0.717, 1.165) is 25.6 Å². The van der Waals surface area contributed by atoms with Gasteiger partial charge in [0.15, 0.2) is 0 Å². The third-order valence-corrected chi connectivity index (χ3v) is 2.49. The van der Waals surface area contributed by atoms with Crippen molar-refractivity contribution in [3.05, 3.63) is 17.5 Å². The lowest BCUT2D eigenvalue weighted by Gasteiger charge is -2.34. The van der Waals surface area contributed by atoms with Crippen molar-refractivity contribution in [1.82, 2.24) is 9.97 Å². The molecule has 0 N–H and O–H groups in total. The Morgan fingerprint density at radius 1 is 1.57 bits per heavy atom. The number of hydrogen-bond donors (Lipinski definition) is 0. The minimum Gasteiger partial charge on any atom is -0.377 e. The summed E-state index contributed by atoms with van der Waals surface area (Å²) in [5.41, 5.74) is 0. The zero-order chi connectivity index (χ0) is 9.97. The third-order valence-electron chi connectivity index (χ3n) is 2.28. The maximum Gasteiger partial charge on any atom is 0.134 e. The van der Waals surface area contributed by atoms with E-state index in [1.54, 1.807) is 6.07 Å². The van der Waals surface area contributed by atoms with E-state index in [9.17, 15) is 0 Å². The predicted molar refractivity (Wildman–Crippen MR) is 54.7 cm³/mol. The molecule has 1 aliphatic rings. The summed E-state index contributed by atoms with van der Waals surface area (Å²) in [6.07, 6.45) is 1.49. The van der Waals surface area contributed by atoms with E-state index in [1.165, 1.54) is 6.33 Å². The molecular weight excluding hydrogens is 202 g/mol. The molecule has 1 aromatic heterocycles. The van der Waals surface area contributed by atoms with Crippen LogP contribution in [-0.2, 0) is 4.74 Å². The normalized spacial score (nSPS) is 22.4. The summed E-state index contributed by atoms with van der Waals surface area (Å²) in [6.45, 7) is 4.44. The third kappa shape index (κ3) is 1.96. The van der Waals surface area contributed by atoms with Crippen LogP contribution in [0.4, 0.5) is 5.82 Å². The van der Waals surface area contributed by atoms with Gasteiger partial charge in [0.2, 0.25) is 0 Å². The van der Waals surface area contributed by atoms with E-state index in [2.05, 4.69) is 21.8 Å². The monoisotopic (exact) mass is 213 g/mol. The van der Waals surface area contributed by atoms with Gasteiger partial charge in [-0.2, -0.15) is 0 Å². The number of rotatable bonds is 1. The largest absolute Gasteiger partial charge is 0.377 e. The molecule has 0 unspecified atom stereocenters. The van der Waals surface area contributed by atoms with Crippen molar-refractivity contribution in [1.29, 1.82) is 0 Å². The van der Waals surface area contributed by atoms with Gasteiger partial charge < -0.3 is 9.64 Å². The molecule has 1 fully saturated rings. The van der Waals surface area contributed by atoms with Crippen LogP contribution in [0, 0.1) is 0 Å². The first-order valence-corrected chi connectivity index (χ1v) is 4.97. The molecule has 1 atom stereocenters. The Morgan fingerprint density at radius 3 is 3.14 bits per heavy atom. The summed E-state index contributed by atoms with van der Waals surface area (Å²) in [5, 5.41) is 0.480. The molecule has 0 aliphatic carbocycles. The lowest BCUT2D eigenvalue weighted by atomic mass is 10.2. The van der Waals surface area contributed by atoms with Crippen molar-refractivity contribution >= 4 is 17.4 Å². The van der Waals surface area contributed by atoms with Crippen LogP contribution in [-0.4, -0.2) is 35.8 Å². The Hall–Kier alpha value is -0.870. The highest BCUT2D eigenvalue weighted by molar-refractivity contribution is 6.29. The smallest absolute Gasteiger partial charge is 0.134 e. The Kier molecular flexibility index (Phi) is 2.84. The van der Waals surface area contributed by atoms with Gasteiger partial charge in [-0.05, 0) is 6.92 Å². The first-order valence-electron chi connectivity index (χ1n) is 4.59. The molecule has 2 heterocycles. The van der Waals surface area contributed by atoms with Gasteiger partial charge in [-0.1, -0.05) is 11.6 Å². The Morgan fingerprint density at radius 2 is 2.43 bits per heavy atom. The number of ether oxygens (including phenoxy) is 1. The van der Waals surface area contributed by atoms with Gasteiger partial charge in [0.1, 0.15) is 17.3 Å². The summed E-state index contributed by atoms with van der Waals surface area (Å²) in [6, 6.07) is 2.12. The maximum absolute atomic E-state index is 5.80. The topological polar surface area (TPSA) is 38.2 Å². The summed E-state index contributed by atoms with van der Waals surface area (Å²) >= 11 is 5.80. The standard InChI is InChI=1S/C9H12ClN3O/c1-7-5-14-3-2-13(7)9-4-8(10)11-6-12-9/h4,6-7H,2-3,5H2,1H3/t7-/m1/s1. The van der Waals surface area contributed by atoms with E-state index >= 15 is 0 Å². The van der Waals surface area contributed by atoms with E-state index in [1.807, 2.05) is 0 Å². The SMILES string of the molecule is C[C@@H]1COCCN1c1cc(Cl)ncn1. The van der Waals surface area contributed by atoms with Crippen molar-refractivity contribution < 1.29 is 4.74 Å². The molecular formula is C9H12ClN3O. The van der Waals surface area contributed by atoms with Crippen LogP contribution >= 0.6 is 11.6 Å². The lowest BCUT2D eigenvalue weighted by Crippen LogP contribution is -2.44. The minimum atomic E-state index is 0.342. The molecule has 0 bridgehead atoms. The first kappa shape index (κ1) is 9.68. The van der Waals surface area contributed by atoms with Gasteiger partial charge in [-0.3, -0.25) is 0 Å². The second-order valence-corrected chi connectivity index (χ2v) is 3.70. The number of aromatic nitrogens is 2. The molecule has 0 amide bonds. The number of anilines is 1. The quantitative estimate of drug-likeness (QED) is 0.661. The molecule has 5 heteroatoms. The molecule has 1 saturated heterocycles. The summed E-state index contributed by atoms with van der Waals surface area (Å²) in [5.74, 6) is 0.876. The van der Waals surface area contributed by atoms with Crippen LogP contribution in [0.25, 0.3) is 0 Å². The van der Waals surface area contributed by atoms with Gasteiger partial charge in [-0.15, -0.1) is 0 Å². The molecule has 1 aliphatic heterocycles. The highest BCUT2D eigenvalue weighted by atomic mass is 35.5. The van der Waals surface area contributed by atoms with E-state index < -0.39 is 0 Å². The van der Waals surface area contributed by atoms with Crippen molar-refractivity contribution in [2.24, 2.45) is 0 Å². The fraction of sp³-hybridized carbons (Fsp3) is 0.556. The van der Waals surface area contributed by atoms with Crippen LogP contribution in [0.3, 0.4) is 0 Å². The van der Waals surface area contributed by atoms with Crippen LogP contribution in [0.2, 0.25) is 5.15 Å². The second kappa shape index (κ2) is 4.11. The predicted octanol–water partition coefficient (Wildman–Crippen LogP) is 1.36. The molecule has 0 saturated carbocycles.